The zero-order chi connectivity index (χ0) is 10.9. The molecule has 0 heterocycles. The number of hydrogen-bond donors (Lipinski definition) is 4. The van der Waals surface area contributed by atoms with Crippen LogP contribution in [0.5, 0.6) is 0 Å². The van der Waals surface area contributed by atoms with Gasteiger partial charge in [-0.15, -0.1) is 0 Å². The predicted octanol–water partition coefficient (Wildman–Crippen LogP) is 0.124. The van der Waals surface area contributed by atoms with Gasteiger partial charge in [0.2, 0.25) is 0 Å². The summed E-state index contributed by atoms with van der Waals surface area (Å²) in [5.74, 6) is -0.833. The van der Waals surface area contributed by atoms with Crippen LogP contribution in [0.3, 0.4) is 0 Å². The van der Waals surface area contributed by atoms with Gasteiger partial charge in [-0.25, -0.2) is 0 Å². The molecule has 0 aromatic rings. The minimum absolute atomic E-state index is 0.569. The summed E-state index contributed by atoms with van der Waals surface area (Å²) in [6.45, 7) is 4.78. The van der Waals surface area contributed by atoms with Crippen molar-refractivity contribution < 1.29 is 20.1 Å². The molecule has 0 saturated heterocycles. The number of carboxylic acid groups (broad SMARTS) is 1. The molecule has 0 amide bonds. The first-order chi connectivity index (χ1) is 5.93. The molecule has 2 unspecified atom stereocenters. The highest BCUT2D eigenvalue weighted by molar-refractivity contribution is 5.62. The van der Waals surface area contributed by atoms with E-state index < -0.39 is 18.4 Å². The van der Waals surface area contributed by atoms with Crippen molar-refractivity contribution in [2.75, 3.05) is 0 Å². The Balaban J connectivity index is 0. The monoisotopic (exact) mass is 193 g/mol. The molecule has 0 aliphatic rings. The summed E-state index contributed by atoms with van der Waals surface area (Å²) >= 11 is 0. The van der Waals surface area contributed by atoms with E-state index in [4.69, 9.17) is 20.1 Å². The number of aliphatic hydroxyl groups is 2. The van der Waals surface area contributed by atoms with Crippen LogP contribution in [0.4, 0.5) is 0 Å². The molecule has 5 nitrogen and oxygen atoms in total. The van der Waals surface area contributed by atoms with E-state index in [2.05, 4.69) is 5.32 Å². The Hall–Kier alpha value is -0.650. The van der Waals surface area contributed by atoms with Gasteiger partial charge in [-0.2, -0.15) is 0 Å². The average molecular weight is 193 g/mol. The van der Waals surface area contributed by atoms with Crippen LogP contribution >= 0.6 is 0 Å². The van der Waals surface area contributed by atoms with Gasteiger partial charge in [-0.1, -0.05) is 13.8 Å². The Bertz CT molecular complexity index is 117. The van der Waals surface area contributed by atoms with E-state index in [9.17, 15) is 0 Å². The van der Waals surface area contributed by atoms with E-state index >= 15 is 0 Å². The van der Waals surface area contributed by atoms with Gasteiger partial charge < -0.3 is 15.3 Å². The van der Waals surface area contributed by atoms with Crippen LogP contribution in [0, 0.1) is 0 Å². The lowest BCUT2D eigenvalue weighted by atomic mass is 10.3. The Morgan fingerprint density at radius 2 is 1.46 bits per heavy atom. The summed E-state index contributed by atoms with van der Waals surface area (Å²) in [4.78, 5) is 9.00. The number of rotatable bonds is 4. The van der Waals surface area contributed by atoms with Gasteiger partial charge in [0.05, 0.1) is 0 Å². The van der Waals surface area contributed by atoms with E-state index in [0.29, 0.717) is 12.8 Å². The first kappa shape index (κ1) is 14.9. The fraction of sp³-hybridized carbons (Fsp3) is 0.875. The number of carboxylic acids is 1. The molecule has 0 fully saturated rings. The standard InChI is InChI=1S/C6H15NO2.C2H4O2/c1-3-5(8)7-6(9)4-2;1-2(3)4/h5-9H,3-4H2,1-2H3;1H3,(H,3,4). The van der Waals surface area contributed by atoms with Crippen molar-refractivity contribution >= 4 is 5.97 Å². The van der Waals surface area contributed by atoms with Gasteiger partial charge in [-0.3, -0.25) is 10.1 Å². The van der Waals surface area contributed by atoms with Crippen LogP contribution in [0.1, 0.15) is 33.6 Å². The van der Waals surface area contributed by atoms with E-state index in [-0.39, 0.29) is 0 Å². The number of hydrogen-bond acceptors (Lipinski definition) is 4. The summed E-state index contributed by atoms with van der Waals surface area (Å²) < 4.78 is 0. The second-order valence-corrected chi connectivity index (χ2v) is 2.53. The number of nitrogens with one attached hydrogen (secondary N) is 1. The molecule has 0 aromatic carbocycles. The lowest BCUT2D eigenvalue weighted by molar-refractivity contribution is -0.134. The zero-order valence-electron chi connectivity index (χ0n) is 8.32. The third kappa shape index (κ3) is 18.4. The van der Waals surface area contributed by atoms with Crippen molar-refractivity contribution in [1.82, 2.24) is 5.32 Å². The third-order valence-corrected chi connectivity index (χ3v) is 1.16. The van der Waals surface area contributed by atoms with Gasteiger partial charge in [0.15, 0.2) is 0 Å². The lowest BCUT2D eigenvalue weighted by Crippen LogP contribution is -2.37. The molecule has 0 rings (SSSR count). The second kappa shape index (κ2) is 9.44. The molecule has 13 heavy (non-hydrogen) atoms. The van der Waals surface area contributed by atoms with Crippen molar-refractivity contribution in [1.29, 1.82) is 0 Å². The topological polar surface area (TPSA) is 89.8 Å². The minimum atomic E-state index is -0.833. The quantitative estimate of drug-likeness (QED) is 0.476. The molecule has 0 aliphatic carbocycles. The van der Waals surface area contributed by atoms with E-state index in [1.54, 1.807) is 0 Å². The maximum absolute atomic E-state index is 9.00. The van der Waals surface area contributed by atoms with Crippen molar-refractivity contribution in [2.24, 2.45) is 0 Å². The van der Waals surface area contributed by atoms with E-state index in [0.717, 1.165) is 6.92 Å². The van der Waals surface area contributed by atoms with Gasteiger partial charge in [0.25, 0.3) is 5.97 Å². The fourth-order valence-corrected chi connectivity index (χ4v) is 0.458. The molecule has 0 aliphatic heterocycles. The highest BCUT2D eigenvalue weighted by Crippen LogP contribution is 1.89. The highest BCUT2D eigenvalue weighted by atomic mass is 16.4. The summed E-state index contributed by atoms with van der Waals surface area (Å²) in [6.07, 6.45) is 0.105. The lowest BCUT2D eigenvalue weighted by Gasteiger charge is -2.14. The van der Waals surface area contributed by atoms with Crippen LogP contribution in [-0.2, 0) is 4.79 Å². The Morgan fingerprint density at radius 1 is 1.23 bits per heavy atom. The van der Waals surface area contributed by atoms with Gasteiger partial charge >= 0.3 is 0 Å². The SMILES string of the molecule is CC(=O)O.CCC(O)NC(O)CC. The highest BCUT2D eigenvalue weighted by Gasteiger charge is 2.03. The Morgan fingerprint density at radius 3 is 1.62 bits per heavy atom. The van der Waals surface area contributed by atoms with Crippen LogP contribution in [-0.4, -0.2) is 33.7 Å². The normalized spacial score (nSPS) is 13.9. The molecule has 0 saturated carbocycles. The molecule has 2 atom stereocenters. The van der Waals surface area contributed by atoms with E-state index in [1.165, 1.54) is 0 Å². The number of carbonyl (C=O) groups is 1. The van der Waals surface area contributed by atoms with Crippen LogP contribution in [0.2, 0.25) is 0 Å². The predicted molar refractivity (Wildman–Crippen MR) is 49.0 cm³/mol. The molecule has 4 N–H and O–H groups in total. The summed E-state index contributed by atoms with van der Waals surface area (Å²) in [6, 6.07) is 0. The molecular weight excluding hydrogens is 174 g/mol. The Kier molecular flexibility index (Phi) is 10.8. The smallest absolute Gasteiger partial charge is 0.300 e. The van der Waals surface area contributed by atoms with Gasteiger partial charge in [0.1, 0.15) is 12.5 Å². The first-order valence-corrected chi connectivity index (χ1v) is 4.25. The first-order valence-electron chi connectivity index (χ1n) is 4.25. The summed E-state index contributed by atoms with van der Waals surface area (Å²) in [5.41, 5.74) is 0. The van der Waals surface area contributed by atoms with Gasteiger partial charge in [0, 0.05) is 6.92 Å². The number of aliphatic hydroxyl groups excluding tert-OH is 2. The largest absolute Gasteiger partial charge is 0.481 e. The van der Waals surface area contributed by atoms with Crippen molar-refractivity contribution in [3.63, 3.8) is 0 Å². The summed E-state index contributed by atoms with van der Waals surface area (Å²) in [7, 11) is 0. The molecular formula is C8H19NO4. The van der Waals surface area contributed by atoms with Crippen molar-refractivity contribution in [2.45, 2.75) is 46.1 Å². The van der Waals surface area contributed by atoms with E-state index in [1.807, 2.05) is 13.8 Å². The molecule has 0 radical (unpaired) electrons. The maximum Gasteiger partial charge on any atom is 0.300 e. The Labute approximate surface area is 78.4 Å². The average Bonchev–Trinajstić information content (AvgIpc) is 2.03. The van der Waals surface area contributed by atoms with Crippen molar-refractivity contribution in [3.05, 3.63) is 0 Å². The minimum Gasteiger partial charge on any atom is -0.481 e. The third-order valence-electron chi connectivity index (χ3n) is 1.16. The molecule has 5 heteroatoms. The van der Waals surface area contributed by atoms with Crippen LogP contribution in [0.15, 0.2) is 0 Å². The van der Waals surface area contributed by atoms with Gasteiger partial charge in [-0.05, 0) is 12.8 Å². The molecule has 0 bridgehead atoms. The van der Waals surface area contributed by atoms with Crippen LogP contribution < -0.4 is 5.32 Å². The zero-order valence-corrected chi connectivity index (χ0v) is 8.32. The molecule has 0 spiro atoms. The van der Waals surface area contributed by atoms with Crippen molar-refractivity contribution in [3.8, 4) is 0 Å². The second-order valence-electron chi connectivity index (χ2n) is 2.53. The molecule has 0 aromatic heterocycles. The number of aliphatic carboxylic acids is 1. The summed E-state index contributed by atoms with van der Waals surface area (Å²) in [5, 5.41) is 27.8. The maximum atomic E-state index is 9.00. The fourth-order valence-electron chi connectivity index (χ4n) is 0.458. The van der Waals surface area contributed by atoms with Crippen LogP contribution in [0.25, 0.3) is 0 Å². The molecule has 80 valence electrons.